The number of unbranched alkanes of at least 4 members (excludes halogenated alkanes) is 18. The van der Waals surface area contributed by atoms with Gasteiger partial charge in [-0.2, -0.15) is 0 Å². The zero-order chi connectivity index (χ0) is 40.9. The molecule has 0 bridgehead atoms. The van der Waals surface area contributed by atoms with Gasteiger partial charge in [-0.25, -0.2) is 0 Å². The summed E-state index contributed by atoms with van der Waals surface area (Å²) in [5.41, 5.74) is 5.62. The Labute approximate surface area is 369 Å². The fourth-order valence-electron chi connectivity index (χ4n) is 9.54. The Morgan fingerprint density at radius 2 is 0.650 bits per heavy atom. The van der Waals surface area contributed by atoms with Gasteiger partial charge in [-0.1, -0.05) is 202 Å². The molecule has 0 atom stereocenters. The third-order valence-corrected chi connectivity index (χ3v) is 15.5. The van der Waals surface area contributed by atoms with E-state index in [4.69, 9.17) is 0 Å². The van der Waals surface area contributed by atoms with Gasteiger partial charge in [0.25, 0.3) is 0 Å². The van der Waals surface area contributed by atoms with E-state index in [0.717, 1.165) is 0 Å². The highest BCUT2D eigenvalue weighted by atomic mass is 32.1. The van der Waals surface area contributed by atoms with Gasteiger partial charge >= 0.3 is 0 Å². The van der Waals surface area contributed by atoms with Crippen LogP contribution in [0.3, 0.4) is 0 Å². The number of hydrogen-bond acceptors (Lipinski definition) is 2. The number of fused-ring (bicyclic) bond motifs is 7. The van der Waals surface area contributed by atoms with Crippen LogP contribution >= 0.6 is 22.7 Å². The van der Waals surface area contributed by atoms with Crippen LogP contribution in [0.1, 0.15) is 153 Å². The quantitative estimate of drug-likeness (QED) is 0.0420. The van der Waals surface area contributed by atoms with E-state index < -0.39 is 0 Å². The van der Waals surface area contributed by atoms with E-state index in [2.05, 4.69) is 123 Å². The monoisotopic (exact) mass is 828 g/mol. The van der Waals surface area contributed by atoms with Crippen molar-refractivity contribution in [1.29, 1.82) is 0 Å². The summed E-state index contributed by atoms with van der Waals surface area (Å²) in [6.45, 7) is 4.60. The second-order valence-corrected chi connectivity index (χ2v) is 20.1. The van der Waals surface area contributed by atoms with Gasteiger partial charge < -0.3 is 0 Å². The van der Waals surface area contributed by atoms with Crippen LogP contribution in [0.2, 0.25) is 0 Å². The van der Waals surface area contributed by atoms with Crippen molar-refractivity contribution in [1.82, 2.24) is 0 Å². The first-order chi connectivity index (χ1) is 29.7. The average molecular weight is 829 g/mol. The van der Waals surface area contributed by atoms with E-state index in [-0.39, 0.29) is 0 Å². The lowest BCUT2D eigenvalue weighted by atomic mass is 9.96. The average Bonchev–Trinajstić information content (AvgIpc) is 3.90. The first-order valence-corrected chi connectivity index (χ1v) is 25.7. The highest BCUT2D eigenvalue weighted by Crippen LogP contribution is 2.41. The van der Waals surface area contributed by atoms with E-state index in [1.807, 2.05) is 22.7 Å². The molecule has 0 radical (unpaired) electrons. The summed E-state index contributed by atoms with van der Waals surface area (Å²) < 4.78 is 2.74. The van der Waals surface area contributed by atoms with Crippen LogP contribution in [-0.2, 0) is 12.8 Å². The lowest BCUT2D eigenvalue weighted by Crippen LogP contribution is -1.87. The smallest absolute Gasteiger partial charge is 0.0355 e. The minimum Gasteiger partial charge on any atom is -0.135 e. The van der Waals surface area contributed by atoms with Crippen LogP contribution in [-0.4, -0.2) is 0 Å². The third-order valence-electron chi connectivity index (χ3n) is 13.2. The van der Waals surface area contributed by atoms with Crippen LogP contribution in [0.15, 0.2) is 109 Å². The van der Waals surface area contributed by atoms with Crippen molar-refractivity contribution in [3.63, 3.8) is 0 Å². The molecular formula is C58H68S2. The molecule has 0 saturated carbocycles. The summed E-state index contributed by atoms with van der Waals surface area (Å²) in [7, 11) is 0. The first kappa shape index (κ1) is 42.7. The van der Waals surface area contributed by atoms with Gasteiger partial charge in [0.15, 0.2) is 0 Å². The lowest BCUT2D eigenvalue weighted by molar-refractivity contribution is 0.556. The summed E-state index contributed by atoms with van der Waals surface area (Å²) in [4.78, 5) is 2.72. The first-order valence-electron chi connectivity index (χ1n) is 24.1. The molecule has 0 nitrogen and oxygen atoms in total. The molecule has 2 aromatic heterocycles. The number of rotatable bonds is 24. The molecule has 0 fully saturated rings. The van der Waals surface area contributed by atoms with Crippen LogP contribution in [0, 0.1) is 0 Å². The molecule has 312 valence electrons. The zero-order valence-electron chi connectivity index (χ0n) is 36.8. The third kappa shape index (κ3) is 10.9. The summed E-state index contributed by atoms with van der Waals surface area (Å²) in [6, 6.07) is 42.8. The normalized spacial score (nSPS) is 12.0. The van der Waals surface area contributed by atoms with Gasteiger partial charge in [0, 0.05) is 19.2 Å². The van der Waals surface area contributed by atoms with Gasteiger partial charge in [-0.3, -0.25) is 0 Å². The number of thiophene rings is 2. The SMILES string of the molecule is CCCCCCCCCCCCc1ccc(-c2cc3cc4ccc5c6cc7sc(-c8ccc(CCCCCCCCCCCC)cc8)cc7cc6ccc5c4cc3s2)cc1. The van der Waals surface area contributed by atoms with E-state index in [0.29, 0.717) is 0 Å². The van der Waals surface area contributed by atoms with Crippen molar-refractivity contribution in [2.45, 2.75) is 155 Å². The Hall–Kier alpha value is -3.98. The summed E-state index contributed by atoms with van der Waals surface area (Å²) in [6.07, 6.45) is 30.2. The van der Waals surface area contributed by atoms with Gasteiger partial charge in [0.05, 0.1) is 0 Å². The van der Waals surface area contributed by atoms with Crippen molar-refractivity contribution >= 4 is 75.2 Å². The molecule has 6 aromatic carbocycles. The molecule has 60 heavy (non-hydrogen) atoms. The van der Waals surface area contributed by atoms with E-state index in [1.54, 1.807) is 0 Å². The minimum absolute atomic E-state index is 1.20. The fraction of sp³-hybridized carbons (Fsp3) is 0.414. The molecule has 0 spiro atoms. The highest BCUT2D eigenvalue weighted by molar-refractivity contribution is 7.22. The van der Waals surface area contributed by atoms with Crippen molar-refractivity contribution in [3.8, 4) is 20.9 Å². The van der Waals surface area contributed by atoms with E-state index in [1.165, 1.54) is 226 Å². The lowest BCUT2D eigenvalue weighted by Gasteiger charge is -2.08. The van der Waals surface area contributed by atoms with Crippen molar-refractivity contribution in [3.05, 3.63) is 120 Å². The van der Waals surface area contributed by atoms with Gasteiger partial charge in [-0.15, -0.1) is 22.7 Å². The largest absolute Gasteiger partial charge is 0.135 e. The molecule has 0 aliphatic heterocycles. The fourth-order valence-corrected chi connectivity index (χ4v) is 11.7. The highest BCUT2D eigenvalue weighted by Gasteiger charge is 2.12. The summed E-state index contributed by atoms with van der Waals surface area (Å²) in [5, 5.41) is 10.7. The van der Waals surface area contributed by atoms with Crippen LogP contribution in [0.5, 0.6) is 0 Å². The Kier molecular flexibility index (Phi) is 15.4. The summed E-state index contributed by atoms with van der Waals surface area (Å²) >= 11 is 3.87. The number of aryl methyl sites for hydroxylation is 2. The maximum absolute atomic E-state index is 2.45. The Bertz CT molecular complexity index is 2380. The molecule has 8 aromatic rings. The molecule has 0 unspecified atom stereocenters. The Morgan fingerprint density at radius 1 is 0.300 bits per heavy atom. The molecule has 2 heterocycles. The minimum atomic E-state index is 1.20. The molecule has 0 N–H and O–H groups in total. The topological polar surface area (TPSA) is 0 Å². The van der Waals surface area contributed by atoms with Crippen molar-refractivity contribution < 1.29 is 0 Å². The second-order valence-electron chi connectivity index (χ2n) is 17.9. The maximum atomic E-state index is 2.45. The number of hydrogen-bond donors (Lipinski definition) is 0. The van der Waals surface area contributed by atoms with Gasteiger partial charge in [0.1, 0.15) is 0 Å². The van der Waals surface area contributed by atoms with Crippen molar-refractivity contribution in [2.24, 2.45) is 0 Å². The van der Waals surface area contributed by atoms with E-state index in [9.17, 15) is 0 Å². The van der Waals surface area contributed by atoms with Crippen molar-refractivity contribution in [2.75, 3.05) is 0 Å². The maximum Gasteiger partial charge on any atom is 0.0355 e. The predicted octanol–water partition coefficient (Wildman–Crippen LogP) is 19.8. The molecule has 0 aliphatic rings. The zero-order valence-corrected chi connectivity index (χ0v) is 38.4. The Balaban J connectivity index is 0.899. The van der Waals surface area contributed by atoms with Crippen LogP contribution < -0.4 is 0 Å². The Morgan fingerprint density at radius 3 is 1.02 bits per heavy atom. The van der Waals surface area contributed by atoms with Crippen LogP contribution in [0.4, 0.5) is 0 Å². The standard InChI is InChI=1S/C58H68S2/c1-3-5-7-9-11-13-15-17-19-21-23-43-25-29-45(30-26-43)55-39-49-37-47-33-35-52-51(53(47)41-57(49)59-55)36-34-48-38-50-40-56(60-58(50)42-54(48)52)46-31-27-44(28-32-46)24-22-20-18-16-14-12-10-8-6-4-2/h25-42H,3-24H2,1-2H3. The van der Waals surface area contributed by atoms with E-state index >= 15 is 0 Å². The van der Waals surface area contributed by atoms with Gasteiger partial charge in [-0.05, 0) is 127 Å². The molecule has 0 amide bonds. The second kappa shape index (κ2) is 21.7. The predicted molar refractivity (Wildman–Crippen MR) is 272 cm³/mol. The van der Waals surface area contributed by atoms with Gasteiger partial charge in [0.2, 0.25) is 0 Å². The number of benzene rings is 6. The molecule has 8 rings (SSSR count). The van der Waals surface area contributed by atoms with Crippen LogP contribution in [0.25, 0.3) is 73.4 Å². The summed E-state index contributed by atoms with van der Waals surface area (Å²) in [5.74, 6) is 0. The molecule has 2 heteroatoms. The molecule has 0 saturated heterocycles. The molecular weight excluding hydrogens is 761 g/mol. The molecule has 0 aliphatic carbocycles.